The Morgan fingerprint density at radius 1 is 1.06 bits per heavy atom. The average molecular weight is 242 g/mol. The standard InChI is InChI=1S/C14H30OSi/c1-14(2,3)16(4,5)15-12-11-13-9-7-6-8-10-13/h13H,6-12H2,1-5H3. The molecule has 0 heterocycles. The van der Waals surface area contributed by atoms with Gasteiger partial charge >= 0.3 is 0 Å². The Morgan fingerprint density at radius 3 is 2.12 bits per heavy atom. The van der Waals surface area contributed by atoms with E-state index >= 15 is 0 Å². The Balaban J connectivity index is 2.23. The summed E-state index contributed by atoms with van der Waals surface area (Å²) in [7, 11) is -1.49. The van der Waals surface area contributed by atoms with Gasteiger partial charge in [0.05, 0.1) is 0 Å². The molecule has 1 aliphatic rings. The van der Waals surface area contributed by atoms with E-state index in [4.69, 9.17) is 4.43 Å². The zero-order valence-electron chi connectivity index (χ0n) is 11.9. The van der Waals surface area contributed by atoms with Crippen LogP contribution in [0.3, 0.4) is 0 Å². The van der Waals surface area contributed by atoms with Gasteiger partial charge in [0.25, 0.3) is 0 Å². The molecule has 0 aliphatic heterocycles. The van der Waals surface area contributed by atoms with Crippen LogP contribution in [0.4, 0.5) is 0 Å². The molecule has 96 valence electrons. The van der Waals surface area contributed by atoms with E-state index in [2.05, 4.69) is 33.9 Å². The highest BCUT2D eigenvalue weighted by atomic mass is 28.4. The maximum Gasteiger partial charge on any atom is 0.191 e. The van der Waals surface area contributed by atoms with Crippen molar-refractivity contribution in [2.45, 2.75) is 77.4 Å². The molecule has 1 saturated carbocycles. The Bertz CT molecular complexity index is 199. The lowest BCUT2D eigenvalue weighted by atomic mass is 9.87. The second-order valence-corrected chi connectivity index (χ2v) is 11.7. The monoisotopic (exact) mass is 242 g/mol. The molecule has 0 saturated heterocycles. The second-order valence-electron chi connectivity index (χ2n) is 6.90. The predicted octanol–water partition coefficient (Wildman–Crippen LogP) is 4.98. The molecule has 2 heteroatoms. The van der Waals surface area contributed by atoms with Crippen molar-refractivity contribution in [3.05, 3.63) is 0 Å². The summed E-state index contributed by atoms with van der Waals surface area (Å²) in [6.45, 7) is 12.7. The van der Waals surface area contributed by atoms with Crippen LogP contribution in [0.25, 0.3) is 0 Å². The Kier molecular flexibility index (Phi) is 5.05. The molecule has 0 aromatic heterocycles. The molecule has 1 nitrogen and oxygen atoms in total. The van der Waals surface area contributed by atoms with Gasteiger partial charge in [0.1, 0.15) is 0 Å². The predicted molar refractivity (Wildman–Crippen MR) is 74.3 cm³/mol. The van der Waals surface area contributed by atoms with E-state index < -0.39 is 8.32 Å². The molecule has 0 atom stereocenters. The highest BCUT2D eigenvalue weighted by molar-refractivity contribution is 6.74. The van der Waals surface area contributed by atoms with Crippen LogP contribution < -0.4 is 0 Å². The third-order valence-electron chi connectivity index (χ3n) is 4.52. The lowest BCUT2D eigenvalue weighted by Gasteiger charge is -2.36. The van der Waals surface area contributed by atoms with Crippen LogP contribution >= 0.6 is 0 Å². The quantitative estimate of drug-likeness (QED) is 0.632. The first-order chi connectivity index (χ1) is 7.33. The van der Waals surface area contributed by atoms with Crippen LogP contribution in [0, 0.1) is 5.92 Å². The fraction of sp³-hybridized carbons (Fsp3) is 1.00. The van der Waals surface area contributed by atoms with Crippen molar-refractivity contribution >= 4 is 8.32 Å². The molecule has 0 radical (unpaired) electrons. The topological polar surface area (TPSA) is 9.23 Å². The zero-order chi connectivity index (χ0) is 12.2. The second kappa shape index (κ2) is 5.68. The zero-order valence-corrected chi connectivity index (χ0v) is 12.9. The van der Waals surface area contributed by atoms with Gasteiger partial charge in [-0.05, 0) is 30.5 Å². The molecule has 1 aliphatic carbocycles. The van der Waals surface area contributed by atoms with Crippen LogP contribution in [-0.2, 0) is 4.43 Å². The van der Waals surface area contributed by atoms with Crippen LogP contribution in [0.2, 0.25) is 18.1 Å². The molecule has 16 heavy (non-hydrogen) atoms. The third kappa shape index (κ3) is 4.21. The Hall–Kier alpha value is 0.177. The molecule has 0 N–H and O–H groups in total. The van der Waals surface area contributed by atoms with Gasteiger partial charge < -0.3 is 4.43 Å². The smallest absolute Gasteiger partial charge is 0.191 e. The minimum absolute atomic E-state index is 0.361. The molecule has 1 fully saturated rings. The molecule has 0 amide bonds. The van der Waals surface area contributed by atoms with Gasteiger partial charge in [0.2, 0.25) is 0 Å². The maximum absolute atomic E-state index is 6.24. The van der Waals surface area contributed by atoms with Crippen molar-refractivity contribution in [3.63, 3.8) is 0 Å². The number of rotatable bonds is 4. The van der Waals surface area contributed by atoms with Gasteiger partial charge in [-0.3, -0.25) is 0 Å². The first-order valence-electron chi connectivity index (χ1n) is 6.97. The molecular weight excluding hydrogens is 212 g/mol. The Labute approximate surface area is 103 Å². The minimum Gasteiger partial charge on any atom is -0.417 e. The summed E-state index contributed by atoms with van der Waals surface area (Å²) >= 11 is 0. The molecule has 0 spiro atoms. The SMILES string of the molecule is CC(C)(C)[Si](C)(C)OCCC1CCCCC1. The van der Waals surface area contributed by atoms with E-state index in [9.17, 15) is 0 Å². The lowest BCUT2D eigenvalue weighted by molar-refractivity contribution is 0.230. The van der Waals surface area contributed by atoms with Crippen molar-refractivity contribution in [3.8, 4) is 0 Å². The fourth-order valence-electron chi connectivity index (χ4n) is 2.17. The molecule has 0 unspecified atom stereocenters. The number of hydrogen-bond donors (Lipinski definition) is 0. The average Bonchev–Trinajstić information content (AvgIpc) is 2.17. The maximum atomic E-state index is 6.24. The van der Waals surface area contributed by atoms with Crippen molar-refractivity contribution in [2.75, 3.05) is 6.61 Å². The molecule has 1 rings (SSSR count). The van der Waals surface area contributed by atoms with Gasteiger partial charge in [-0.1, -0.05) is 52.9 Å². The summed E-state index contributed by atoms with van der Waals surface area (Å²) in [6, 6.07) is 0. The van der Waals surface area contributed by atoms with Crippen LogP contribution in [0.15, 0.2) is 0 Å². The van der Waals surface area contributed by atoms with Gasteiger partial charge in [-0.25, -0.2) is 0 Å². The van der Waals surface area contributed by atoms with E-state index in [1.54, 1.807) is 0 Å². The van der Waals surface area contributed by atoms with E-state index in [-0.39, 0.29) is 0 Å². The van der Waals surface area contributed by atoms with Crippen LogP contribution in [0.1, 0.15) is 59.3 Å². The van der Waals surface area contributed by atoms with Gasteiger partial charge in [0, 0.05) is 6.61 Å². The summed E-state index contributed by atoms with van der Waals surface area (Å²) < 4.78 is 6.24. The summed E-state index contributed by atoms with van der Waals surface area (Å²) in [5.74, 6) is 0.957. The van der Waals surface area contributed by atoms with E-state index in [1.165, 1.54) is 38.5 Å². The largest absolute Gasteiger partial charge is 0.417 e. The minimum atomic E-state index is -1.49. The first kappa shape index (κ1) is 14.2. The first-order valence-corrected chi connectivity index (χ1v) is 9.88. The summed E-state index contributed by atoms with van der Waals surface area (Å²) in [6.07, 6.45) is 8.54. The van der Waals surface area contributed by atoms with Crippen LogP contribution in [0.5, 0.6) is 0 Å². The van der Waals surface area contributed by atoms with Crippen molar-refractivity contribution < 1.29 is 4.43 Å². The summed E-state index contributed by atoms with van der Waals surface area (Å²) in [5, 5.41) is 0.361. The Morgan fingerprint density at radius 2 is 1.62 bits per heavy atom. The third-order valence-corrected chi connectivity index (χ3v) is 9.06. The van der Waals surface area contributed by atoms with Crippen molar-refractivity contribution in [2.24, 2.45) is 5.92 Å². The normalized spacial score (nSPS) is 20.1. The highest BCUT2D eigenvalue weighted by Crippen LogP contribution is 2.37. The van der Waals surface area contributed by atoms with Gasteiger partial charge in [0.15, 0.2) is 8.32 Å². The molecular formula is C14H30OSi. The van der Waals surface area contributed by atoms with E-state index in [0.717, 1.165) is 12.5 Å². The van der Waals surface area contributed by atoms with Crippen LogP contribution in [-0.4, -0.2) is 14.9 Å². The van der Waals surface area contributed by atoms with E-state index in [0.29, 0.717) is 5.04 Å². The highest BCUT2D eigenvalue weighted by Gasteiger charge is 2.36. The van der Waals surface area contributed by atoms with Crippen molar-refractivity contribution in [1.29, 1.82) is 0 Å². The molecule has 0 aromatic carbocycles. The lowest BCUT2D eigenvalue weighted by Crippen LogP contribution is -2.41. The fourth-order valence-corrected chi connectivity index (χ4v) is 3.23. The molecule has 0 bridgehead atoms. The number of hydrogen-bond acceptors (Lipinski definition) is 1. The van der Waals surface area contributed by atoms with Crippen molar-refractivity contribution in [1.82, 2.24) is 0 Å². The summed E-state index contributed by atoms with van der Waals surface area (Å²) in [5.41, 5.74) is 0. The van der Waals surface area contributed by atoms with Gasteiger partial charge in [-0.2, -0.15) is 0 Å². The summed E-state index contributed by atoms with van der Waals surface area (Å²) in [4.78, 5) is 0. The van der Waals surface area contributed by atoms with Gasteiger partial charge in [-0.15, -0.1) is 0 Å². The van der Waals surface area contributed by atoms with E-state index in [1.807, 2.05) is 0 Å². The molecule has 0 aromatic rings.